The Bertz CT molecular complexity index is 749. The zero-order valence-electron chi connectivity index (χ0n) is 26.6. The molecule has 0 aliphatic rings. The Kier molecular flexibility index (Phi) is 16.3. The van der Waals surface area contributed by atoms with Crippen molar-refractivity contribution in [2.75, 3.05) is 6.54 Å². The molecule has 0 aliphatic carbocycles. The molecule has 1 unspecified atom stereocenters. The van der Waals surface area contributed by atoms with Gasteiger partial charge in [-0.15, -0.1) is 0 Å². The zero-order valence-corrected chi connectivity index (χ0v) is 26.6. The van der Waals surface area contributed by atoms with E-state index in [4.69, 9.17) is 0 Å². The molecule has 2 N–H and O–H groups in total. The lowest BCUT2D eigenvalue weighted by molar-refractivity contribution is -0.120. The molecule has 0 saturated carbocycles. The number of rotatable bonds is 19. The summed E-state index contributed by atoms with van der Waals surface area (Å²) < 4.78 is 0. The minimum Gasteiger partial charge on any atom is -0.507 e. The van der Waals surface area contributed by atoms with E-state index in [9.17, 15) is 9.90 Å². The van der Waals surface area contributed by atoms with E-state index in [1.807, 2.05) is 6.92 Å². The second-order valence-electron chi connectivity index (χ2n) is 13.7. The van der Waals surface area contributed by atoms with Gasteiger partial charge in [-0.25, -0.2) is 0 Å². The van der Waals surface area contributed by atoms with Gasteiger partial charge in [0.05, 0.1) is 0 Å². The van der Waals surface area contributed by atoms with Crippen LogP contribution in [0.15, 0.2) is 12.1 Å². The van der Waals surface area contributed by atoms with Gasteiger partial charge in [0.2, 0.25) is 5.91 Å². The summed E-state index contributed by atoms with van der Waals surface area (Å²) in [6.45, 7) is 18.0. The van der Waals surface area contributed by atoms with Crippen molar-refractivity contribution in [1.82, 2.24) is 5.32 Å². The van der Waals surface area contributed by atoms with Crippen molar-refractivity contribution in [1.29, 1.82) is 0 Å². The topological polar surface area (TPSA) is 49.3 Å². The number of aromatic hydroxyl groups is 1. The van der Waals surface area contributed by atoms with Crippen LogP contribution in [0.3, 0.4) is 0 Å². The third-order valence-electron chi connectivity index (χ3n) is 8.01. The van der Waals surface area contributed by atoms with Gasteiger partial charge in [0.1, 0.15) is 5.75 Å². The van der Waals surface area contributed by atoms with Crippen LogP contribution in [0.5, 0.6) is 5.75 Å². The average molecular weight is 530 g/mol. The molecule has 0 saturated heterocycles. The second kappa shape index (κ2) is 18.0. The SMILES string of the molecule is CCCCCCCCCCCCCCCC(CCNC(=O)CC)c1cc(C(C)(C)C)c(O)c(C(C)(C)C)c1. The molecule has 0 spiro atoms. The lowest BCUT2D eigenvalue weighted by Gasteiger charge is -2.30. The fourth-order valence-corrected chi connectivity index (χ4v) is 5.43. The summed E-state index contributed by atoms with van der Waals surface area (Å²) in [6.07, 6.45) is 20.4. The van der Waals surface area contributed by atoms with Crippen LogP contribution in [0.4, 0.5) is 0 Å². The molecule has 1 atom stereocenters. The van der Waals surface area contributed by atoms with E-state index >= 15 is 0 Å². The average Bonchev–Trinajstić information content (AvgIpc) is 2.84. The molecule has 0 aliphatic heterocycles. The van der Waals surface area contributed by atoms with Gasteiger partial charge in [-0.3, -0.25) is 4.79 Å². The van der Waals surface area contributed by atoms with E-state index in [0.717, 1.165) is 24.0 Å². The number of phenols is 1. The number of benzene rings is 1. The van der Waals surface area contributed by atoms with E-state index in [0.29, 0.717) is 24.6 Å². The first-order chi connectivity index (χ1) is 17.9. The van der Waals surface area contributed by atoms with Gasteiger partial charge >= 0.3 is 0 Å². The van der Waals surface area contributed by atoms with Crippen LogP contribution in [-0.4, -0.2) is 17.6 Å². The lowest BCUT2D eigenvalue weighted by Crippen LogP contribution is -2.25. The van der Waals surface area contributed by atoms with Crippen LogP contribution >= 0.6 is 0 Å². The smallest absolute Gasteiger partial charge is 0.219 e. The van der Waals surface area contributed by atoms with Gasteiger partial charge < -0.3 is 10.4 Å². The maximum Gasteiger partial charge on any atom is 0.219 e. The number of hydrogen-bond acceptors (Lipinski definition) is 2. The summed E-state index contributed by atoms with van der Waals surface area (Å²) in [5.41, 5.74) is 3.13. The number of phenolic OH excluding ortho intramolecular Hbond substituents is 1. The van der Waals surface area contributed by atoms with Crippen LogP contribution in [0.25, 0.3) is 0 Å². The molecule has 1 amide bonds. The molecule has 0 fully saturated rings. The van der Waals surface area contributed by atoms with Crippen molar-refractivity contribution in [3.8, 4) is 5.75 Å². The number of unbranched alkanes of at least 4 members (excludes halogenated alkanes) is 12. The minimum atomic E-state index is -0.128. The number of nitrogens with one attached hydrogen (secondary N) is 1. The first kappa shape index (κ1) is 34.5. The second-order valence-corrected chi connectivity index (χ2v) is 13.7. The predicted molar refractivity (Wildman–Crippen MR) is 166 cm³/mol. The molecule has 1 aromatic carbocycles. The summed E-state index contributed by atoms with van der Waals surface area (Å²) in [4.78, 5) is 11.9. The Morgan fingerprint density at radius 1 is 0.711 bits per heavy atom. The molecule has 0 radical (unpaired) electrons. The predicted octanol–water partition coefficient (Wildman–Crippen LogP) is 10.5. The van der Waals surface area contributed by atoms with Gasteiger partial charge in [-0.1, -0.05) is 151 Å². The van der Waals surface area contributed by atoms with E-state index in [-0.39, 0.29) is 16.7 Å². The maximum atomic E-state index is 11.9. The third kappa shape index (κ3) is 13.5. The van der Waals surface area contributed by atoms with Crippen molar-refractivity contribution in [3.63, 3.8) is 0 Å². The van der Waals surface area contributed by atoms with Crippen molar-refractivity contribution < 1.29 is 9.90 Å². The highest BCUT2D eigenvalue weighted by atomic mass is 16.3. The number of carbonyl (C=O) groups is 1. The van der Waals surface area contributed by atoms with E-state index in [1.165, 1.54) is 89.0 Å². The molecule has 3 nitrogen and oxygen atoms in total. The Morgan fingerprint density at radius 2 is 1.13 bits per heavy atom. The van der Waals surface area contributed by atoms with E-state index < -0.39 is 0 Å². The molecule has 0 aromatic heterocycles. The van der Waals surface area contributed by atoms with Gasteiger partial charge in [-0.2, -0.15) is 0 Å². The first-order valence-electron chi connectivity index (χ1n) is 16.1. The van der Waals surface area contributed by atoms with Gasteiger partial charge in [0.15, 0.2) is 0 Å². The summed E-state index contributed by atoms with van der Waals surface area (Å²) in [6, 6.07) is 4.50. The monoisotopic (exact) mass is 529 g/mol. The highest BCUT2D eigenvalue weighted by Crippen LogP contribution is 2.42. The van der Waals surface area contributed by atoms with Crippen LogP contribution in [0.2, 0.25) is 0 Å². The summed E-state index contributed by atoms with van der Waals surface area (Å²) in [5.74, 6) is 0.969. The summed E-state index contributed by atoms with van der Waals surface area (Å²) in [5, 5.41) is 14.3. The quantitative estimate of drug-likeness (QED) is 0.175. The van der Waals surface area contributed by atoms with Gasteiger partial charge in [0.25, 0.3) is 0 Å². The fourth-order valence-electron chi connectivity index (χ4n) is 5.43. The normalized spacial score (nSPS) is 13.1. The molecule has 1 rings (SSSR count). The van der Waals surface area contributed by atoms with E-state index in [2.05, 4.69) is 65.9 Å². The Labute approximate surface area is 237 Å². The van der Waals surface area contributed by atoms with Crippen molar-refractivity contribution in [3.05, 3.63) is 28.8 Å². The molecule has 220 valence electrons. The molecular weight excluding hydrogens is 466 g/mol. The number of hydrogen-bond donors (Lipinski definition) is 2. The van der Waals surface area contributed by atoms with Gasteiger partial charge in [-0.05, 0) is 46.3 Å². The highest BCUT2D eigenvalue weighted by Gasteiger charge is 2.28. The van der Waals surface area contributed by atoms with Crippen molar-refractivity contribution in [2.24, 2.45) is 0 Å². The van der Waals surface area contributed by atoms with Crippen molar-refractivity contribution in [2.45, 2.75) is 175 Å². The third-order valence-corrected chi connectivity index (χ3v) is 8.01. The van der Waals surface area contributed by atoms with Crippen LogP contribution < -0.4 is 5.32 Å². The number of carbonyl (C=O) groups excluding carboxylic acids is 1. The Balaban J connectivity index is 2.72. The first-order valence-corrected chi connectivity index (χ1v) is 16.1. The molecular formula is C35H63NO2. The molecule has 38 heavy (non-hydrogen) atoms. The maximum absolute atomic E-state index is 11.9. The standard InChI is InChI=1S/C35H63NO2/c1-9-11-12-13-14-15-16-17-18-19-20-21-22-23-28(24-25-36-32(37)10-2)29-26-30(34(3,4)5)33(38)31(27-29)35(6,7)8/h26-28,38H,9-25H2,1-8H3,(H,36,37). The molecule has 3 heteroatoms. The zero-order chi connectivity index (χ0) is 28.6. The summed E-state index contributed by atoms with van der Waals surface area (Å²) in [7, 11) is 0. The Hall–Kier alpha value is -1.51. The van der Waals surface area contributed by atoms with Crippen LogP contribution in [-0.2, 0) is 15.6 Å². The minimum absolute atomic E-state index is 0.126. The van der Waals surface area contributed by atoms with Crippen LogP contribution in [0, 0.1) is 0 Å². The Morgan fingerprint density at radius 3 is 1.53 bits per heavy atom. The molecule has 1 aromatic rings. The van der Waals surface area contributed by atoms with Gasteiger partial charge in [0, 0.05) is 13.0 Å². The lowest BCUT2D eigenvalue weighted by atomic mass is 9.76. The highest BCUT2D eigenvalue weighted by molar-refractivity contribution is 5.75. The van der Waals surface area contributed by atoms with Crippen molar-refractivity contribution >= 4 is 5.91 Å². The largest absolute Gasteiger partial charge is 0.507 e. The van der Waals surface area contributed by atoms with Crippen LogP contribution in [0.1, 0.15) is 181 Å². The summed E-state index contributed by atoms with van der Waals surface area (Å²) >= 11 is 0. The number of amides is 1. The van der Waals surface area contributed by atoms with E-state index in [1.54, 1.807) is 0 Å². The fraction of sp³-hybridized carbons (Fsp3) is 0.800. The molecule has 0 bridgehead atoms. The molecule has 0 heterocycles.